The molecule has 2 aromatic heterocycles. The van der Waals surface area contributed by atoms with E-state index in [4.69, 9.17) is 4.98 Å². The Hall–Kier alpha value is -2.95. The fraction of sp³-hybridized carbons (Fsp3) is 0.348. The highest BCUT2D eigenvalue weighted by molar-refractivity contribution is 5.93. The number of aryl methyl sites for hydroxylation is 2. The summed E-state index contributed by atoms with van der Waals surface area (Å²) in [5, 5.41) is 14.4. The molecule has 28 heavy (non-hydrogen) atoms. The highest BCUT2D eigenvalue weighted by atomic mass is 16.3. The van der Waals surface area contributed by atoms with Gasteiger partial charge in [0.25, 0.3) is 0 Å². The summed E-state index contributed by atoms with van der Waals surface area (Å²) in [7, 11) is 0. The van der Waals surface area contributed by atoms with Crippen LogP contribution in [0.15, 0.2) is 36.4 Å². The van der Waals surface area contributed by atoms with Crippen molar-refractivity contribution in [2.45, 2.75) is 44.9 Å². The van der Waals surface area contributed by atoms with E-state index in [-0.39, 0.29) is 11.4 Å². The van der Waals surface area contributed by atoms with Crippen molar-refractivity contribution in [1.82, 2.24) is 9.97 Å². The molecule has 0 spiro atoms. The van der Waals surface area contributed by atoms with E-state index >= 15 is 0 Å². The van der Waals surface area contributed by atoms with Gasteiger partial charge in [-0.05, 0) is 68.7 Å². The van der Waals surface area contributed by atoms with Gasteiger partial charge < -0.3 is 10.4 Å². The number of anilines is 1. The predicted octanol–water partition coefficient (Wildman–Crippen LogP) is 4.46. The molecular formula is C23H25N3O2. The lowest BCUT2D eigenvalue weighted by Gasteiger charge is -2.21. The van der Waals surface area contributed by atoms with Crippen molar-refractivity contribution in [2.24, 2.45) is 0 Å². The Morgan fingerprint density at radius 1 is 1.04 bits per heavy atom. The van der Waals surface area contributed by atoms with E-state index < -0.39 is 0 Å². The number of fused-ring (bicyclic) bond motifs is 2. The van der Waals surface area contributed by atoms with Crippen molar-refractivity contribution in [3.63, 3.8) is 0 Å². The lowest BCUT2D eigenvalue weighted by atomic mass is 9.92. The van der Waals surface area contributed by atoms with E-state index in [0.29, 0.717) is 6.29 Å². The Balaban J connectivity index is 1.41. The largest absolute Gasteiger partial charge is 0.506 e. The molecule has 0 unspecified atom stereocenters. The standard InChI is InChI=1S/C23H25N3O2/c27-15-21-22(28)13-12-16(25-21)7-5-6-14-24-23-17-8-1-3-10-19(17)26-20-11-4-2-9-18(20)23/h1,3,8,10,12-13,15,28H,2,4-7,9,11,14H2,(H,24,26). The van der Waals surface area contributed by atoms with Crippen LogP contribution in [-0.2, 0) is 19.3 Å². The van der Waals surface area contributed by atoms with Crippen molar-refractivity contribution < 1.29 is 9.90 Å². The second-order valence-electron chi connectivity index (χ2n) is 7.34. The van der Waals surface area contributed by atoms with Crippen LogP contribution in [0.5, 0.6) is 5.75 Å². The van der Waals surface area contributed by atoms with Gasteiger partial charge in [-0.15, -0.1) is 0 Å². The zero-order chi connectivity index (χ0) is 19.3. The number of para-hydroxylation sites is 1. The van der Waals surface area contributed by atoms with Gasteiger partial charge >= 0.3 is 0 Å². The molecule has 0 atom stereocenters. The molecule has 4 rings (SSSR count). The molecule has 1 aromatic carbocycles. The minimum Gasteiger partial charge on any atom is -0.506 e. The number of nitrogens with zero attached hydrogens (tertiary/aromatic N) is 2. The molecule has 1 aliphatic carbocycles. The van der Waals surface area contributed by atoms with Gasteiger partial charge in [0.2, 0.25) is 0 Å². The molecule has 1 aliphatic rings. The lowest BCUT2D eigenvalue weighted by molar-refractivity contribution is 0.111. The van der Waals surface area contributed by atoms with Crippen molar-refractivity contribution in [1.29, 1.82) is 0 Å². The van der Waals surface area contributed by atoms with E-state index in [1.54, 1.807) is 12.1 Å². The van der Waals surface area contributed by atoms with E-state index in [1.165, 1.54) is 35.2 Å². The molecule has 3 aromatic rings. The van der Waals surface area contributed by atoms with E-state index in [9.17, 15) is 9.90 Å². The van der Waals surface area contributed by atoms with Gasteiger partial charge in [0.05, 0.1) is 5.52 Å². The number of hydrogen-bond acceptors (Lipinski definition) is 5. The molecule has 0 saturated carbocycles. The number of hydrogen-bond donors (Lipinski definition) is 2. The first-order valence-corrected chi connectivity index (χ1v) is 10.0. The van der Waals surface area contributed by atoms with Gasteiger partial charge in [0.1, 0.15) is 11.4 Å². The second kappa shape index (κ2) is 8.38. The first-order chi connectivity index (χ1) is 13.8. The third-order valence-corrected chi connectivity index (χ3v) is 5.40. The van der Waals surface area contributed by atoms with Gasteiger partial charge in [-0.25, -0.2) is 4.98 Å². The Labute approximate surface area is 164 Å². The van der Waals surface area contributed by atoms with Crippen LogP contribution >= 0.6 is 0 Å². The molecule has 0 bridgehead atoms. The number of rotatable bonds is 7. The first kappa shape index (κ1) is 18.4. The maximum Gasteiger partial charge on any atom is 0.172 e. The molecule has 144 valence electrons. The highest BCUT2D eigenvalue weighted by Crippen LogP contribution is 2.33. The summed E-state index contributed by atoms with van der Waals surface area (Å²) >= 11 is 0. The minimum atomic E-state index is -0.0604. The van der Waals surface area contributed by atoms with Gasteiger partial charge in [0.15, 0.2) is 6.29 Å². The number of carbonyl (C=O) groups excluding carboxylic acids is 1. The summed E-state index contributed by atoms with van der Waals surface area (Å²) in [5.41, 5.74) is 5.92. The number of nitrogens with one attached hydrogen (secondary N) is 1. The van der Waals surface area contributed by atoms with Crippen molar-refractivity contribution in [3.05, 3.63) is 59.0 Å². The van der Waals surface area contributed by atoms with Crippen LogP contribution in [0.3, 0.4) is 0 Å². The average molecular weight is 375 g/mol. The number of unbranched alkanes of at least 4 members (excludes halogenated alkanes) is 1. The molecule has 0 fully saturated rings. The number of pyridine rings is 2. The maximum atomic E-state index is 10.9. The average Bonchev–Trinajstić information content (AvgIpc) is 2.74. The summed E-state index contributed by atoms with van der Waals surface area (Å²) in [6, 6.07) is 11.7. The lowest BCUT2D eigenvalue weighted by Crippen LogP contribution is -2.12. The van der Waals surface area contributed by atoms with Crippen LogP contribution in [0, 0.1) is 0 Å². The second-order valence-corrected chi connectivity index (χ2v) is 7.34. The third kappa shape index (κ3) is 3.84. The first-order valence-electron chi connectivity index (χ1n) is 10.0. The Morgan fingerprint density at radius 2 is 1.89 bits per heavy atom. The quantitative estimate of drug-likeness (QED) is 0.471. The molecule has 0 radical (unpaired) electrons. The minimum absolute atomic E-state index is 0.0604. The summed E-state index contributed by atoms with van der Waals surface area (Å²) in [5.74, 6) is -0.0604. The van der Waals surface area contributed by atoms with Gasteiger partial charge in [-0.2, -0.15) is 0 Å². The molecule has 0 aliphatic heterocycles. The molecule has 5 nitrogen and oxygen atoms in total. The fourth-order valence-electron chi connectivity index (χ4n) is 3.95. The number of aldehydes is 1. The predicted molar refractivity (Wildman–Crippen MR) is 111 cm³/mol. The Morgan fingerprint density at radius 3 is 2.79 bits per heavy atom. The number of carbonyl (C=O) groups is 1. The van der Waals surface area contributed by atoms with Crippen LogP contribution < -0.4 is 5.32 Å². The molecule has 0 saturated heterocycles. The van der Waals surface area contributed by atoms with Crippen molar-refractivity contribution in [3.8, 4) is 5.75 Å². The van der Waals surface area contributed by atoms with Gasteiger partial charge in [-0.3, -0.25) is 9.78 Å². The molecule has 2 N–H and O–H groups in total. The molecule has 5 heteroatoms. The van der Waals surface area contributed by atoms with Crippen LogP contribution in [0.2, 0.25) is 0 Å². The topological polar surface area (TPSA) is 75.1 Å². The SMILES string of the molecule is O=Cc1nc(CCCCNc2c3c(nc4ccccc24)CCCC3)ccc1O. The van der Waals surface area contributed by atoms with E-state index in [0.717, 1.165) is 49.9 Å². The van der Waals surface area contributed by atoms with Crippen LogP contribution in [0.25, 0.3) is 10.9 Å². The summed E-state index contributed by atoms with van der Waals surface area (Å²) in [6.07, 6.45) is 7.98. The summed E-state index contributed by atoms with van der Waals surface area (Å²) in [4.78, 5) is 20.0. The highest BCUT2D eigenvalue weighted by Gasteiger charge is 2.17. The smallest absolute Gasteiger partial charge is 0.172 e. The van der Waals surface area contributed by atoms with E-state index in [1.807, 2.05) is 6.07 Å². The van der Waals surface area contributed by atoms with Gasteiger partial charge in [0, 0.05) is 29.0 Å². The Kier molecular flexibility index (Phi) is 5.51. The molecule has 0 amide bonds. The summed E-state index contributed by atoms with van der Waals surface area (Å²) < 4.78 is 0. The zero-order valence-electron chi connectivity index (χ0n) is 15.9. The zero-order valence-corrected chi connectivity index (χ0v) is 15.9. The summed E-state index contributed by atoms with van der Waals surface area (Å²) in [6.45, 7) is 0.888. The molecular weight excluding hydrogens is 350 g/mol. The fourth-order valence-corrected chi connectivity index (χ4v) is 3.95. The van der Waals surface area contributed by atoms with Crippen LogP contribution in [0.4, 0.5) is 5.69 Å². The van der Waals surface area contributed by atoms with Crippen molar-refractivity contribution in [2.75, 3.05) is 11.9 Å². The number of aromatic nitrogens is 2. The van der Waals surface area contributed by atoms with E-state index in [2.05, 4.69) is 28.5 Å². The number of aromatic hydroxyl groups is 1. The number of benzene rings is 1. The van der Waals surface area contributed by atoms with Crippen LogP contribution in [-0.4, -0.2) is 27.9 Å². The normalized spacial score (nSPS) is 13.3. The van der Waals surface area contributed by atoms with Gasteiger partial charge in [-0.1, -0.05) is 18.2 Å². The van der Waals surface area contributed by atoms with Crippen molar-refractivity contribution >= 4 is 22.9 Å². The third-order valence-electron chi connectivity index (χ3n) is 5.40. The maximum absolute atomic E-state index is 10.9. The molecule has 2 heterocycles. The Bertz CT molecular complexity index is 1000. The van der Waals surface area contributed by atoms with Crippen LogP contribution in [0.1, 0.15) is 53.1 Å². The monoisotopic (exact) mass is 375 g/mol.